The Morgan fingerprint density at radius 3 is 2.38 bits per heavy atom. The molecule has 0 atom stereocenters. The van der Waals surface area contributed by atoms with Crippen molar-refractivity contribution in [3.8, 4) is 0 Å². The van der Waals surface area contributed by atoms with Gasteiger partial charge in [-0.05, 0) is 32.7 Å². The molecule has 0 unspecified atom stereocenters. The Morgan fingerprint density at radius 2 is 1.72 bits per heavy atom. The van der Waals surface area contributed by atoms with Gasteiger partial charge in [0.25, 0.3) is 5.56 Å². The summed E-state index contributed by atoms with van der Waals surface area (Å²) in [6.45, 7) is 16.0. The third-order valence-electron chi connectivity index (χ3n) is 5.95. The number of unbranched alkanes of at least 4 members (excludes halogenated alkanes) is 1. The van der Waals surface area contributed by atoms with Crippen LogP contribution in [-0.4, -0.2) is 57.1 Å². The van der Waals surface area contributed by atoms with Crippen molar-refractivity contribution in [2.45, 2.75) is 72.3 Å². The first kappa shape index (κ1) is 24.2. The fourth-order valence-corrected chi connectivity index (χ4v) is 3.97. The topological polar surface area (TPSA) is 87.1 Å². The van der Waals surface area contributed by atoms with Gasteiger partial charge in [0.05, 0.1) is 0 Å². The van der Waals surface area contributed by atoms with Gasteiger partial charge in [0.2, 0.25) is 0 Å². The normalized spacial score (nSPS) is 15.3. The SMILES string of the molecule is CCCc1cc(N2CCN(CCCCn3cc(C)c(=O)[nH]c3=O)CC2)nc(C(C)(C)C)n1. The quantitative estimate of drug-likeness (QED) is 0.632. The van der Waals surface area contributed by atoms with Crippen LogP contribution in [0.15, 0.2) is 21.9 Å². The Balaban J connectivity index is 1.51. The minimum Gasteiger partial charge on any atom is -0.354 e. The van der Waals surface area contributed by atoms with E-state index in [4.69, 9.17) is 9.97 Å². The molecule has 1 fully saturated rings. The number of aromatic nitrogens is 4. The second kappa shape index (κ2) is 10.4. The van der Waals surface area contributed by atoms with Crippen molar-refractivity contribution >= 4 is 5.82 Å². The standard InChI is InChI=1S/C24H38N6O2/c1-6-9-19-16-20(26-22(25-19)24(3,4)5)29-14-12-28(13-15-29)10-7-8-11-30-17-18(2)21(31)27-23(30)32/h16-17H,6-15H2,1-5H3,(H,27,31,32). The monoisotopic (exact) mass is 442 g/mol. The van der Waals surface area contributed by atoms with Gasteiger partial charge in [0.1, 0.15) is 11.6 Å². The van der Waals surface area contributed by atoms with Gasteiger partial charge in [0.15, 0.2) is 0 Å². The van der Waals surface area contributed by atoms with Crippen LogP contribution in [0.2, 0.25) is 0 Å². The smallest absolute Gasteiger partial charge is 0.328 e. The van der Waals surface area contributed by atoms with E-state index >= 15 is 0 Å². The van der Waals surface area contributed by atoms with Gasteiger partial charge in [-0.2, -0.15) is 0 Å². The first-order valence-corrected chi connectivity index (χ1v) is 11.8. The van der Waals surface area contributed by atoms with Gasteiger partial charge < -0.3 is 9.47 Å². The number of H-pyrrole nitrogens is 1. The van der Waals surface area contributed by atoms with Crippen LogP contribution >= 0.6 is 0 Å². The van der Waals surface area contributed by atoms with Crippen LogP contribution in [0.25, 0.3) is 0 Å². The van der Waals surface area contributed by atoms with Crippen LogP contribution in [-0.2, 0) is 18.4 Å². The molecule has 32 heavy (non-hydrogen) atoms. The van der Waals surface area contributed by atoms with Gasteiger partial charge in [-0.1, -0.05) is 34.1 Å². The zero-order valence-corrected chi connectivity index (χ0v) is 20.3. The molecule has 176 valence electrons. The minimum absolute atomic E-state index is 0.0629. The van der Waals surface area contributed by atoms with E-state index in [-0.39, 0.29) is 16.7 Å². The summed E-state index contributed by atoms with van der Waals surface area (Å²) in [5, 5.41) is 0. The molecular formula is C24H38N6O2. The summed E-state index contributed by atoms with van der Waals surface area (Å²) in [6.07, 6.45) is 5.65. The molecule has 0 saturated carbocycles. The number of aryl methyl sites for hydroxylation is 3. The summed E-state index contributed by atoms with van der Waals surface area (Å²) in [5.74, 6) is 1.98. The first-order valence-electron chi connectivity index (χ1n) is 11.8. The highest BCUT2D eigenvalue weighted by Crippen LogP contribution is 2.23. The highest BCUT2D eigenvalue weighted by atomic mass is 16.2. The van der Waals surface area contributed by atoms with Crippen molar-refractivity contribution in [2.75, 3.05) is 37.6 Å². The average Bonchev–Trinajstić information content (AvgIpc) is 2.74. The largest absolute Gasteiger partial charge is 0.354 e. The summed E-state index contributed by atoms with van der Waals surface area (Å²) < 4.78 is 1.60. The van der Waals surface area contributed by atoms with Crippen LogP contribution in [0.3, 0.4) is 0 Å². The van der Waals surface area contributed by atoms with Crippen LogP contribution in [0.4, 0.5) is 5.82 Å². The number of hydrogen-bond acceptors (Lipinski definition) is 6. The van der Waals surface area contributed by atoms with Crippen molar-refractivity contribution < 1.29 is 0 Å². The van der Waals surface area contributed by atoms with Crippen LogP contribution in [0.5, 0.6) is 0 Å². The second-order valence-electron chi connectivity index (χ2n) is 9.84. The van der Waals surface area contributed by atoms with E-state index in [1.165, 1.54) is 0 Å². The maximum absolute atomic E-state index is 11.9. The second-order valence-corrected chi connectivity index (χ2v) is 9.84. The molecule has 1 aliphatic heterocycles. The number of hydrogen-bond donors (Lipinski definition) is 1. The molecule has 3 heterocycles. The van der Waals surface area contributed by atoms with Crippen molar-refractivity contribution in [2.24, 2.45) is 0 Å². The van der Waals surface area contributed by atoms with Crippen LogP contribution in [0, 0.1) is 6.92 Å². The summed E-state index contributed by atoms with van der Waals surface area (Å²) in [5.41, 5.74) is 1.02. The third kappa shape index (κ3) is 6.28. The molecule has 0 aromatic carbocycles. The Labute approximate surface area is 190 Å². The van der Waals surface area contributed by atoms with Gasteiger partial charge in [-0.15, -0.1) is 0 Å². The molecule has 0 spiro atoms. The van der Waals surface area contributed by atoms with Crippen molar-refractivity contribution in [1.82, 2.24) is 24.4 Å². The fourth-order valence-electron chi connectivity index (χ4n) is 3.97. The molecule has 1 aliphatic rings. The van der Waals surface area contributed by atoms with Gasteiger partial charge in [0, 0.05) is 61.7 Å². The molecule has 0 amide bonds. The molecule has 8 heteroatoms. The Kier molecular flexibility index (Phi) is 7.87. The maximum Gasteiger partial charge on any atom is 0.328 e. The van der Waals surface area contributed by atoms with Gasteiger partial charge in [-0.3, -0.25) is 14.7 Å². The molecular weight excluding hydrogens is 404 g/mol. The zero-order valence-electron chi connectivity index (χ0n) is 20.3. The lowest BCUT2D eigenvalue weighted by atomic mass is 9.95. The fraction of sp³-hybridized carbons (Fsp3) is 0.667. The molecule has 8 nitrogen and oxygen atoms in total. The lowest BCUT2D eigenvalue weighted by Crippen LogP contribution is -2.47. The molecule has 0 aliphatic carbocycles. The molecule has 0 bridgehead atoms. The van der Waals surface area contributed by atoms with Crippen LogP contribution < -0.4 is 16.1 Å². The van der Waals surface area contributed by atoms with E-state index in [0.717, 1.165) is 75.7 Å². The lowest BCUT2D eigenvalue weighted by molar-refractivity contribution is 0.250. The lowest BCUT2D eigenvalue weighted by Gasteiger charge is -2.36. The van der Waals surface area contributed by atoms with Crippen molar-refractivity contribution in [3.63, 3.8) is 0 Å². The summed E-state index contributed by atoms with van der Waals surface area (Å²) in [7, 11) is 0. The Hall–Kier alpha value is -2.48. The number of nitrogens with zero attached hydrogens (tertiary/aromatic N) is 5. The van der Waals surface area contributed by atoms with E-state index in [9.17, 15) is 9.59 Å². The molecule has 1 N–H and O–H groups in total. The molecule has 2 aromatic rings. The van der Waals surface area contributed by atoms with Gasteiger partial charge in [-0.25, -0.2) is 14.8 Å². The predicted octanol–water partition coefficient (Wildman–Crippen LogP) is 2.49. The van der Waals surface area contributed by atoms with Crippen molar-refractivity contribution in [3.05, 3.63) is 50.2 Å². The highest BCUT2D eigenvalue weighted by molar-refractivity contribution is 5.41. The molecule has 2 aromatic heterocycles. The van der Waals surface area contributed by atoms with E-state index in [0.29, 0.717) is 12.1 Å². The number of piperazine rings is 1. The van der Waals surface area contributed by atoms with E-state index in [2.05, 4.69) is 48.5 Å². The molecule has 0 radical (unpaired) electrons. The minimum atomic E-state index is -0.323. The first-order chi connectivity index (χ1) is 15.2. The van der Waals surface area contributed by atoms with E-state index < -0.39 is 0 Å². The highest BCUT2D eigenvalue weighted by Gasteiger charge is 2.23. The Morgan fingerprint density at radius 1 is 1.03 bits per heavy atom. The Bertz CT molecular complexity index is 1010. The summed E-state index contributed by atoms with van der Waals surface area (Å²) >= 11 is 0. The molecule has 1 saturated heterocycles. The van der Waals surface area contributed by atoms with E-state index in [1.54, 1.807) is 17.7 Å². The summed E-state index contributed by atoms with van der Waals surface area (Å²) in [4.78, 5) is 40.3. The number of anilines is 1. The molecule has 3 rings (SSSR count). The van der Waals surface area contributed by atoms with Crippen LogP contribution in [0.1, 0.15) is 64.0 Å². The maximum atomic E-state index is 11.9. The number of nitrogens with one attached hydrogen (secondary N) is 1. The number of aromatic amines is 1. The van der Waals surface area contributed by atoms with E-state index in [1.807, 2.05) is 0 Å². The number of rotatable bonds is 8. The van der Waals surface area contributed by atoms with Crippen molar-refractivity contribution in [1.29, 1.82) is 0 Å². The third-order valence-corrected chi connectivity index (χ3v) is 5.95. The zero-order chi connectivity index (χ0) is 23.3. The van der Waals surface area contributed by atoms with Gasteiger partial charge >= 0.3 is 5.69 Å². The average molecular weight is 443 g/mol. The summed E-state index contributed by atoms with van der Waals surface area (Å²) in [6, 6.07) is 2.16. The predicted molar refractivity (Wildman–Crippen MR) is 129 cm³/mol.